The molecule has 0 amide bonds. The van der Waals surface area contributed by atoms with Gasteiger partial charge in [-0.05, 0) is 49.4 Å². The van der Waals surface area contributed by atoms with E-state index in [1.807, 2.05) is 0 Å². The minimum Gasteiger partial charge on any atom is -0.497 e. The van der Waals surface area contributed by atoms with Crippen LogP contribution in [0.1, 0.15) is 5.76 Å². The first-order valence-corrected chi connectivity index (χ1v) is 8.55. The van der Waals surface area contributed by atoms with E-state index >= 15 is 0 Å². The van der Waals surface area contributed by atoms with Crippen molar-refractivity contribution in [2.24, 2.45) is 0 Å². The molecule has 118 valence electrons. The van der Waals surface area contributed by atoms with Crippen molar-refractivity contribution in [3.63, 3.8) is 0 Å². The molecular formula is C18H16O4S. The summed E-state index contributed by atoms with van der Waals surface area (Å²) in [6.07, 6.45) is 0. The number of ether oxygens (including phenoxy) is 1. The van der Waals surface area contributed by atoms with Crippen LogP contribution in [-0.4, -0.2) is 15.5 Å². The summed E-state index contributed by atoms with van der Waals surface area (Å²) in [7, 11) is -2.06. The minimum atomic E-state index is -3.64. The average molecular weight is 328 g/mol. The molecule has 3 rings (SSSR count). The number of hydrogen-bond donors (Lipinski definition) is 0. The molecule has 0 unspecified atom stereocenters. The fourth-order valence-corrected chi connectivity index (χ4v) is 3.85. The smallest absolute Gasteiger partial charge is 0.210 e. The van der Waals surface area contributed by atoms with Crippen molar-refractivity contribution in [1.82, 2.24) is 0 Å². The van der Waals surface area contributed by atoms with Gasteiger partial charge in [0.05, 0.1) is 12.0 Å². The third-order valence-electron chi connectivity index (χ3n) is 3.52. The van der Waals surface area contributed by atoms with Crippen LogP contribution in [0.4, 0.5) is 0 Å². The van der Waals surface area contributed by atoms with E-state index < -0.39 is 9.84 Å². The maximum atomic E-state index is 12.9. The maximum absolute atomic E-state index is 12.9. The molecule has 0 saturated heterocycles. The summed E-state index contributed by atoms with van der Waals surface area (Å²) >= 11 is 0. The molecule has 1 heterocycles. The molecule has 23 heavy (non-hydrogen) atoms. The Balaban J connectivity index is 2.14. The molecule has 0 atom stereocenters. The molecule has 4 nitrogen and oxygen atoms in total. The van der Waals surface area contributed by atoms with Gasteiger partial charge in [-0.25, -0.2) is 8.42 Å². The Hall–Kier alpha value is -2.53. The Kier molecular flexibility index (Phi) is 3.96. The van der Waals surface area contributed by atoms with Crippen molar-refractivity contribution in [3.8, 4) is 17.1 Å². The lowest BCUT2D eigenvalue weighted by Crippen LogP contribution is -2.01. The van der Waals surface area contributed by atoms with E-state index in [2.05, 4.69) is 0 Å². The maximum Gasteiger partial charge on any atom is 0.210 e. The van der Waals surface area contributed by atoms with Gasteiger partial charge in [0.25, 0.3) is 0 Å². The van der Waals surface area contributed by atoms with E-state index in [9.17, 15) is 8.42 Å². The molecule has 0 fully saturated rings. The van der Waals surface area contributed by atoms with Crippen LogP contribution >= 0.6 is 0 Å². The fraction of sp³-hybridized carbons (Fsp3) is 0.111. The molecule has 0 spiro atoms. The molecule has 0 aliphatic rings. The van der Waals surface area contributed by atoms with Gasteiger partial charge in [-0.1, -0.05) is 18.2 Å². The summed E-state index contributed by atoms with van der Waals surface area (Å²) in [5, 5.41) is 0. The summed E-state index contributed by atoms with van der Waals surface area (Å²) in [5.74, 6) is 1.59. The quantitative estimate of drug-likeness (QED) is 0.723. The Bertz CT molecular complexity index is 907. The van der Waals surface area contributed by atoms with Crippen molar-refractivity contribution in [1.29, 1.82) is 0 Å². The number of rotatable bonds is 4. The van der Waals surface area contributed by atoms with E-state index in [1.54, 1.807) is 74.7 Å². The standard InChI is InChI=1S/C18H16O4S/c1-13-12-17(23(19,20)16-6-4-3-5-7-16)18(22-13)14-8-10-15(21-2)11-9-14/h3-12H,1-2H3. The van der Waals surface area contributed by atoms with Gasteiger partial charge in [0.2, 0.25) is 9.84 Å². The number of furan rings is 1. The molecule has 0 aliphatic heterocycles. The van der Waals surface area contributed by atoms with Crippen molar-refractivity contribution < 1.29 is 17.6 Å². The zero-order valence-corrected chi connectivity index (χ0v) is 13.6. The van der Waals surface area contributed by atoms with Crippen LogP contribution in [0.5, 0.6) is 5.75 Å². The SMILES string of the molecule is COc1ccc(-c2oc(C)cc2S(=O)(=O)c2ccccc2)cc1. The molecule has 0 radical (unpaired) electrons. The second-order valence-corrected chi connectivity index (χ2v) is 7.01. The van der Waals surface area contributed by atoms with Gasteiger partial charge >= 0.3 is 0 Å². The predicted octanol–water partition coefficient (Wildman–Crippen LogP) is 4.10. The van der Waals surface area contributed by atoms with Crippen LogP contribution in [0.25, 0.3) is 11.3 Å². The van der Waals surface area contributed by atoms with E-state index in [1.165, 1.54) is 0 Å². The van der Waals surface area contributed by atoms with Crippen molar-refractivity contribution in [2.45, 2.75) is 16.7 Å². The van der Waals surface area contributed by atoms with E-state index in [-0.39, 0.29) is 9.79 Å². The number of aryl methyl sites for hydroxylation is 1. The number of hydrogen-bond acceptors (Lipinski definition) is 4. The first-order chi connectivity index (χ1) is 11.0. The molecular weight excluding hydrogens is 312 g/mol. The zero-order valence-electron chi connectivity index (χ0n) is 12.8. The average Bonchev–Trinajstić information content (AvgIpc) is 2.98. The molecule has 5 heteroatoms. The molecule has 0 saturated carbocycles. The summed E-state index contributed by atoms with van der Waals surface area (Å²) in [4.78, 5) is 0.418. The Morgan fingerprint density at radius 3 is 2.22 bits per heavy atom. The van der Waals surface area contributed by atoms with Crippen LogP contribution in [0.15, 0.2) is 74.9 Å². The summed E-state index contributed by atoms with van der Waals surface area (Å²) in [6, 6.07) is 17.0. The Morgan fingerprint density at radius 2 is 1.61 bits per heavy atom. The third-order valence-corrected chi connectivity index (χ3v) is 5.29. The zero-order chi connectivity index (χ0) is 16.4. The minimum absolute atomic E-state index is 0.173. The highest BCUT2D eigenvalue weighted by Crippen LogP contribution is 2.34. The molecule has 2 aromatic carbocycles. The highest BCUT2D eigenvalue weighted by Gasteiger charge is 2.25. The number of benzene rings is 2. The molecule has 0 bridgehead atoms. The van der Waals surface area contributed by atoms with Crippen molar-refractivity contribution >= 4 is 9.84 Å². The first-order valence-electron chi connectivity index (χ1n) is 7.07. The highest BCUT2D eigenvalue weighted by molar-refractivity contribution is 7.91. The summed E-state index contributed by atoms with van der Waals surface area (Å²) in [6.45, 7) is 1.73. The fourth-order valence-electron chi connectivity index (χ4n) is 2.36. The largest absolute Gasteiger partial charge is 0.497 e. The lowest BCUT2D eigenvalue weighted by Gasteiger charge is -2.06. The predicted molar refractivity (Wildman–Crippen MR) is 87.3 cm³/mol. The van der Waals surface area contributed by atoms with Crippen molar-refractivity contribution in [2.75, 3.05) is 7.11 Å². The van der Waals surface area contributed by atoms with Crippen LogP contribution in [-0.2, 0) is 9.84 Å². The normalized spacial score (nSPS) is 11.4. The van der Waals surface area contributed by atoms with Crippen LogP contribution in [0, 0.1) is 6.92 Å². The van der Waals surface area contributed by atoms with E-state index in [0.29, 0.717) is 22.8 Å². The monoisotopic (exact) mass is 328 g/mol. The lowest BCUT2D eigenvalue weighted by molar-refractivity contribution is 0.415. The molecule has 0 aliphatic carbocycles. The van der Waals surface area contributed by atoms with E-state index in [4.69, 9.17) is 9.15 Å². The van der Waals surface area contributed by atoms with Gasteiger partial charge < -0.3 is 9.15 Å². The third kappa shape index (κ3) is 2.87. The van der Waals surface area contributed by atoms with Crippen molar-refractivity contribution in [3.05, 3.63) is 66.4 Å². The highest BCUT2D eigenvalue weighted by atomic mass is 32.2. The number of methoxy groups -OCH3 is 1. The van der Waals surface area contributed by atoms with E-state index in [0.717, 1.165) is 0 Å². The van der Waals surface area contributed by atoms with Gasteiger partial charge in [-0.2, -0.15) is 0 Å². The summed E-state index contributed by atoms with van der Waals surface area (Å²) < 4.78 is 36.5. The Labute approximate surface area is 135 Å². The summed E-state index contributed by atoms with van der Waals surface area (Å²) in [5.41, 5.74) is 0.688. The van der Waals surface area contributed by atoms with Gasteiger partial charge in [0, 0.05) is 5.56 Å². The number of sulfone groups is 1. The topological polar surface area (TPSA) is 56.5 Å². The Morgan fingerprint density at radius 1 is 0.957 bits per heavy atom. The van der Waals surface area contributed by atoms with Crippen LogP contribution < -0.4 is 4.74 Å². The van der Waals surface area contributed by atoms with Crippen LogP contribution in [0.3, 0.4) is 0 Å². The molecule has 0 N–H and O–H groups in total. The molecule has 3 aromatic rings. The lowest BCUT2D eigenvalue weighted by atomic mass is 10.2. The first kappa shape index (κ1) is 15.4. The van der Waals surface area contributed by atoms with Crippen LogP contribution in [0.2, 0.25) is 0 Å². The second kappa shape index (κ2) is 5.93. The molecule has 1 aromatic heterocycles. The van der Waals surface area contributed by atoms with Gasteiger partial charge in [-0.3, -0.25) is 0 Å². The second-order valence-electron chi connectivity index (χ2n) is 5.10. The van der Waals surface area contributed by atoms with Gasteiger partial charge in [0.15, 0.2) is 5.76 Å². The van der Waals surface area contributed by atoms with Gasteiger partial charge in [-0.15, -0.1) is 0 Å². The van der Waals surface area contributed by atoms with Gasteiger partial charge in [0.1, 0.15) is 16.4 Å².